The molecule has 114 valence electrons. The summed E-state index contributed by atoms with van der Waals surface area (Å²) < 4.78 is 5.43. The van der Waals surface area contributed by atoms with Crippen LogP contribution in [-0.4, -0.2) is 37.2 Å². The molecule has 0 spiro atoms. The standard InChI is InChI=1S/C18H26N2O/c1-18-7-8-20(11-12-3-4-12)16(17(18)19)9-13-5-6-14(21-2)10-15(13)18/h5-6,10,12,16-17H,3-4,7-9,11,19H2,1-2H3/t16-,17+,18+/m1/s1. The van der Waals surface area contributed by atoms with Crippen molar-refractivity contribution in [3.8, 4) is 5.75 Å². The molecule has 1 saturated heterocycles. The third-order valence-corrected chi connectivity index (χ3v) is 6.09. The summed E-state index contributed by atoms with van der Waals surface area (Å²) in [5.41, 5.74) is 9.74. The highest BCUT2D eigenvalue weighted by Crippen LogP contribution is 2.46. The Labute approximate surface area is 127 Å². The van der Waals surface area contributed by atoms with Gasteiger partial charge in [0, 0.05) is 24.0 Å². The first kappa shape index (κ1) is 13.6. The van der Waals surface area contributed by atoms with Crippen LogP contribution in [0.4, 0.5) is 0 Å². The SMILES string of the molecule is COc1ccc2c(c1)[C@]1(C)CCN(CC3CC3)[C@H](C2)[C@@H]1N. The number of likely N-dealkylation sites (tertiary alicyclic amines) is 1. The summed E-state index contributed by atoms with van der Waals surface area (Å²) in [6, 6.07) is 7.34. The molecule has 1 aromatic carbocycles. The van der Waals surface area contributed by atoms with Crippen LogP contribution in [0.25, 0.3) is 0 Å². The number of fused-ring (bicyclic) bond motifs is 4. The summed E-state index contributed by atoms with van der Waals surface area (Å²) in [4.78, 5) is 2.68. The molecule has 1 heterocycles. The highest BCUT2D eigenvalue weighted by atomic mass is 16.5. The van der Waals surface area contributed by atoms with Gasteiger partial charge < -0.3 is 10.5 Å². The number of hydrogen-bond donors (Lipinski definition) is 1. The Balaban J connectivity index is 1.70. The minimum absolute atomic E-state index is 0.104. The van der Waals surface area contributed by atoms with Gasteiger partial charge in [0.25, 0.3) is 0 Å². The van der Waals surface area contributed by atoms with Gasteiger partial charge in [-0.05, 0) is 61.4 Å². The molecule has 2 aliphatic carbocycles. The summed E-state index contributed by atoms with van der Waals surface area (Å²) in [6.07, 6.45) is 5.10. The Kier molecular flexibility index (Phi) is 3.05. The number of rotatable bonds is 3. The Hall–Kier alpha value is -1.06. The predicted octanol–water partition coefficient (Wildman–Crippen LogP) is 2.32. The first-order chi connectivity index (χ1) is 10.1. The van der Waals surface area contributed by atoms with Crippen molar-refractivity contribution >= 4 is 0 Å². The van der Waals surface area contributed by atoms with Crippen LogP contribution in [0.1, 0.15) is 37.3 Å². The highest BCUT2D eigenvalue weighted by Gasteiger charge is 2.49. The molecule has 3 nitrogen and oxygen atoms in total. The van der Waals surface area contributed by atoms with Gasteiger partial charge in [-0.25, -0.2) is 0 Å². The second kappa shape index (κ2) is 4.72. The number of piperidine rings is 1. The lowest BCUT2D eigenvalue weighted by Crippen LogP contribution is -2.65. The van der Waals surface area contributed by atoms with E-state index in [2.05, 4.69) is 30.0 Å². The van der Waals surface area contributed by atoms with Gasteiger partial charge in [0.15, 0.2) is 0 Å². The average molecular weight is 286 g/mol. The molecule has 3 heteroatoms. The van der Waals surface area contributed by atoms with E-state index in [9.17, 15) is 0 Å². The fourth-order valence-electron chi connectivity index (χ4n) is 4.41. The van der Waals surface area contributed by atoms with Crippen LogP contribution in [0.2, 0.25) is 0 Å². The molecule has 1 aromatic rings. The fraction of sp³-hybridized carbons (Fsp3) is 0.667. The van der Waals surface area contributed by atoms with E-state index < -0.39 is 0 Å². The van der Waals surface area contributed by atoms with Gasteiger partial charge in [0.05, 0.1) is 7.11 Å². The zero-order chi connectivity index (χ0) is 14.6. The molecule has 3 aliphatic rings. The summed E-state index contributed by atoms with van der Waals surface area (Å²) in [5, 5.41) is 0. The van der Waals surface area contributed by atoms with E-state index in [0.717, 1.165) is 24.5 Å². The smallest absolute Gasteiger partial charge is 0.119 e. The van der Waals surface area contributed by atoms with E-state index in [4.69, 9.17) is 10.5 Å². The molecule has 21 heavy (non-hydrogen) atoms. The first-order valence-electron chi connectivity index (χ1n) is 8.29. The van der Waals surface area contributed by atoms with Crippen LogP contribution in [0.15, 0.2) is 18.2 Å². The summed E-state index contributed by atoms with van der Waals surface area (Å²) in [6.45, 7) is 4.82. The lowest BCUT2D eigenvalue weighted by Gasteiger charge is -2.54. The van der Waals surface area contributed by atoms with Crippen LogP contribution in [0.3, 0.4) is 0 Å². The van der Waals surface area contributed by atoms with Crippen LogP contribution in [0.5, 0.6) is 5.75 Å². The van der Waals surface area contributed by atoms with E-state index in [1.807, 2.05) is 0 Å². The molecule has 4 rings (SSSR count). The monoisotopic (exact) mass is 286 g/mol. The normalized spacial score (nSPS) is 35.4. The molecule has 1 aliphatic heterocycles. The van der Waals surface area contributed by atoms with Crippen LogP contribution in [-0.2, 0) is 11.8 Å². The Bertz CT molecular complexity index is 554. The fourth-order valence-corrected chi connectivity index (χ4v) is 4.41. The van der Waals surface area contributed by atoms with E-state index in [0.29, 0.717) is 6.04 Å². The molecule has 0 aromatic heterocycles. The van der Waals surface area contributed by atoms with Crippen molar-refractivity contribution in [3.63, 3.8) is 0 Å². The van der Waals surface area contributed by atoms with Gasteiger partial charge in [0.1, 0.15) is 5.75 Å². The Morgan fingerprint density at radius 2 is 2.19 bits per heavy atom. The van der Waals surface area contributed by atoms with Gasteiger partial charge in [-0.15, -0.1) is 0 Å². The minimum Gasteiger partial charge on any atom is -0.497 e. The third-order valence-electron chi connectivity index (χ3n) is 6.09. The van der Waals surface area contributed by atoms with Crippen molar-refractivity contribution < 1.29 is 4.74 Å². The number of hydrogen-bond acceptors (Lipinski definition) is 3. The molecule has 2 N–H and O–H groups in total. The second-order valence-corrected chi connectivity index (χ2v) is 7.43. The largest absolute Gasteiger partial charge is 0.497 e. The van der Waals surface area contributed by atoms with Crippen molar-refractivity contribution in [2.75, 3.05) is 20.2 Å². The average Bonchev–Trinajstić information content (AvgIpc) is 3.30. The minimum atomic E-state index is 0.104. The lowest BCUT2D eigenvalue weighted by molar-refractivity contribution is 0.0601. The first-order valence-corrected chi connectivity index (χ1v) is 8.29. The van der Waals surface area contributed by atoms with Crippen LogP contribution < -0.4 is 10.5 Å². The van der Waals surface area contributed by atoms with Gasteiger partial charge in [-0.3, -0.25) is 4.90 Å². The molecule has 2 bridgehead atoms. The van der Waals surface area contributed by atoms with Crippen molar-refractivity contribution in [3.05, 3.63) is 29.3 Å². The van der Waals surface area contributed by atoms with Gasteiger partial charge in [-0.1, -0.05) is 13.0 Å². The zero-order valence-electron chi connectivity index (χ0n) is 13.1. The quantitative estimate of drug-likeness (QED) is 0.927. The van der Waals surface area contributed by atoms with Crippen molar-refractivity contribution in [1.82, 2.24) is 4.90 Å². The lowest BCUT2D eigenvalue weighted by atomic mass is 9.62. The number of ether oxygens (including phenoxy) is 1. The van der Waals surface area contributed by atoms with E-state index in [-0.39, 0.29) is 11.5 Å². The molecule has 0 radical (unpaired) electrons. The van der Waals surface area contributed by atoms with Gasteiger partial charge >= 0.3 is 0 Å². The van der Waals surface area contributed by atoms with Gasteiger partial charge in [0.2, 0.25) is 0 Å². The molecule has 2 fully saturated rings. The molecule has 3 atom stereocenters. The van der Waals surface area contributed by atoms with Crippen molar-refractivity contribution in [2.24, 2.45) is 11.7 Å². The zero-order valence-corrected chi connectivity index (χ0v) is 13.1. The number of benzene rings is 1. The van der Waals surface area contributed by atoms with E-state index >= 15 is 0 Å². The molecular formula is C18H26N2O. The third kappa shape index (κ3) is 2.09. The molecular weight excluding hydrogens is 260 g/mol. The van der Waals surface area contributed by atoms with Crippen molar-refractivity contribution in [2.45, 2.75) is 50.1 Å². The second-order valence-electron chi connectivity index (χ2n) is 7.43. The predicted molar refractivity (Wildman–Crippen MR) is 84.7 cm³/mol. The Morgan fingerprint density at radius 1 is 1.38 bits per heavy atom. The highest BCUT2D eigenvalue weighted by molar-refractivity contribution is 5.45. The summed E-state index contributed by atoms with van der Waals surface area (Å²) >= 11 is 0. The van der Waals surface area contributed by atoms with Crippen LogP contribution >= 0.6 is 0 Å². The van der Waals surface area contributed by atoms with E-state index in [1.165, 1.54) is 37.1 Å². The summed E-state index contributed by atoms with van der Waals surface area (Å²) in [5.74, 6) is 1.90. The summed E-state index contributed by atoms with van der Waals surface area (Å²) in [7, 11) is 1.74. The number of nitrogens with zero attached hydrogens (tertiary/aromatic N) is 1. The topological polar surface area (TPSA) is 38.5 Å². The van der Waals surface area contributed by atoms with Gasteiger partial charge in [-0.2, -0.15) is 0 Å². The van der Waals surface area contributed by atoms with Crippen molar-refractivity contribution in [1.29, 1.82) is 0 Å². The maximum absolute atomic E-state index is 6.73. The molecule has 0 unspecified atom stereocenters. The maximum atomic E-state index is 6.73. The molecule has 1 saturated carbocycles. The maximum Gasteiger partial charge on any atom is 0.119 e. The van der Waals surface area contributed by atoms with E-state index in [1.54, 1.807) is 7.11 Å². The van der Waals surface area contributed by atoms with Crippen LogP contribution in [0, 0.1) is 5.92 Å². The molecule has 0 amide bonds. The Morgan fingerprint density at radius 3 is 2.90 bits per heavy atom. The number of nitrogens with two attached hydrogens (primary N) is 1. The number of methoxy groups -OCH3 is 1.